The Labute approximate surface area is 232 Å². The van der Waals surface area contributed by atoms with Gasteiger partial charge in [-0.25, -0.2) is 14.4 Å². The summed E-state index contributed by atoms with van der Waals surface area (Å²) in [5.41, 5.74) is 0.901. The number of likely N-dealkylation sites (N-methyl/N-ethyl adjacent to an activating group) is 1. The van der Waals surface area contributed by atoms with Gasteiger partial charge in [-0.05, 0) is 51.6 Å². The van der Waals surface area contributed by atoms with Crippen molar-refractivity contribution in [2.75, 3.05) is 33.9 Å². The van der Waals surface area contributed by atoms with E-state index >= 15 is 0 Å². The molecular weight excluding hydrogens is 525 g/mol. The number of ether oxygens (including phenoxy) is 3. The number of aliphatic hydroxyl groups is 1. The number of nitrogens with zero attached hydrogens (tertiary/aromatic N) is 3. The standard InChI is InChI=1S/C23H28FN5O5.C4H8O2/c1-13-27-17(18-8-21(34-29-18)22-12-32-15(10-25-2)11-33-22)7-19(28-13)23(30)26-9-14-4-5-16(24)20(6-14)31-3;1-4(2,6)3-5/h4-7,15,21-22,25H,8-12H2,1-3H3,(H,26,30);3,6H,1-2H3. The van der Waals surface area contributed by atoms with E-state index in [0.29, 0.717) is 48.7 Å². The molecule has 2 aromatic rings. The maximum absolute atomic E-state index is 13.6. The fourth-order valence-corrected chi connectivity index (χ4v) is 3.78. The molecule has 40 heavy (non-hydrogen) atoms. The number of aldehydes is 1. The van der Waals surface area contributed by atoms with Crippen molar-refractivity contribution in [3.63, 3.8) is 0 Å². The number of nitrogens with one attached hydrogen (secondary N) is 2. The van der Waals surface area contributed by atoms with Crippen molar-refractivity contribution in [3.8, 4) is 5.75 Å². The summed E-state index contributed by atoms with van der Waals surface area (Å²) in [5, 5.41) is 18.5. The Kier molecular flexibility index (Phi) is 11.0. The highest BCUT2D eigenvalue weighted by molar-refractivity contribution is 6.02. The highest BCUT2D eigenvalue weighted by atomic mass is 19.1. The topological polar surface area (TPSA) is 153 Å². The number of aromatic nitrogens is 2. The lowest BCUT2D eigenvalue weighted by atomic mass is 10.0. The molecule has 218 valence electrons. The normalized spacial score (nSPS) is 20.5. The van der Waals surface area contributed by atoms with E-state index in [1.165, 1.54) is 33.1 Å². The van der Waals surface area contributed by atoms with Crippen molar-refractivity contribution in [2.24, 2.45) is 5.16 Å². The van der Waals surface area contributed by atoms with E-state index in [0.717, 1.165) is 6.54 Å². The smallest absolute Gasteiger partial charge is 0.270 e. The predicted octanol–water partition coefficient (Wildman–Crippen LogP) is 1.32. The van der Waals surface area contributed by atoms with Crippen molar-refractivity contribution >= 4 is 17.9 Å². The molecule has 2 aliphatic rings. The van der Waals surface area contributed by atoms with E-state index in [1.807, 2.05) is 7.05 Å². The van der Waals surface area contributed by atoms with Crippen molar-refractivity contribution in [1.82, 2.24) is 20.6 Å². The maximum atomic E-state index is 13.6. The summed E-state index contributed by atoms with van der Waals surface area (Å²) >= 11 is 0. The summed E-state index contributed by atoms with van der Waals surface area (Å²) in [4.78, 5) is 36.6. The first-order chi connectivity index (χ1) is 19.0. The zero-order valence-electron chi connectivity index (χ0n) is 23.3. The number of carbonyl (C=O) groups excluding carboxylic acids is 2. The summed E-state index contributed by atoms with van der Waals surface area (Å²) in [6, 6.07) is 6.00. The van der Waals surface area contributed by atoms with Crippen LogP contribution in [-0.2, 0) is 25.7 Å². The highest BCUT2D eigenvalue weighted by Crippen LogP contribution is 2.23. The second-order valence-electron chi connectivity index (χ2n) is 9.88. The number of aryl methyl sites for hydroxylation is 1. The van der Waals surface area contributed by atoms with Gasteiger partial charge in [0.1, 0.15) is 28.9 Å². The van der Waals surface area contributed by atoms with Crippen molar-refractivity contribution in [2.45, 2.75) is 57.6 Å². The van der Waals surface area contributed by atoms with Crippen molar-refractivity contribution in [3.05, 3.63) is 52.9 Å². The van der Waals surface area contributed by atoms with Crippen LogP contribution in [0.3, 0.4) is 0 Å². The van der Waals surface area contributed by atoms with Gasteiger partial charge in [0.2, 0.25) is 0 Å². The molecule has 0 spiro atoms. The molecule has 1 aromatic heterocycles. The van der Waals surface area contributed by atoms with Crippen LogP contribution in [0.5, 0.6) is 5.75 Å². The van der Waals surface area contributed by atoms with Crippen molar-refractivity contribution < 1.29 is 38.1 Å². The van der Waals surface area contributed by atoms with Crippen LogP contribution in [0.4, 0.5) is 4.39 Å². The van der Waals surface area contributed by atoms with Crippen LogP contribution in [0, 0.1) is 12.7 Å². The quantitative estimate of drug-likeness (QED) is 0.382. The summed E-state index contributed by atoms with van der Waals surface area (Å²) in [6.07, 6.45) is 0.480. The molecule has 1 aromatic carbocycles. The van der Waals surface area contributed by atoms with Crippen LogP contribution in [-0.4, -0.2) is 90.8 Å². The van der Waals surface area contributed by atoms with Crippen molar-refractivity contribution in [1.29, 1.82) is 0 Å². The first-order valence-electron chi connectivity index (χ1n) is 12.8. The van der Waals surface area contributed by atoms with E-state index in [-0.39, 0.29) is 42.2 Å². The Morgan fingerprint density at radius 2 is 1.98 bits per heavy atom. The Morgan fingerprint density at radius 3 is 2.60 bits per heavy atom. The zero-order chi connectivity index (χ0) is 29.3. The van der Waals surface area contributed by atoms with Gasteiger partial charge < -0.3 is 39.6 Å². The minimum Gasteiger partial charge on any atom is -0.494 e. The van der Waals surface area contributed by atoms with Crippen LogP contribution in [0.25, 0.3) is 0 Å². The molecule has 1 fully saturated rings. The lowest BCUT2D eigenvalue weighted by molar-refractivity contribution is -0.169. The maximum Gasteiger partial charge on any atom is 0.270 e. The monoisotopic (exact) mass is 561 g/mol. The number of hydrogen-bond donors (Lipinski definition) is 3. The van der Waals surface area contributed by atoms with Gasteiger partial charge in [0, 0.05) is 19.5 Å². The second kappa shape index (κ2) is 14.2. The molecule has 1 saturated heterocycles. The lowest BCUT2D eigenvalue weighted by Crippen LogP contribution is -2.45. The van der Waals surface area contributed by atoms with E-state index in [9.17, 15) is 14.0 Å². The number of oxime groups is 1. The van der Waals surface area contributed by atoms with Crippen LogP contribution >= 0.6 is 0 Å². The largest absolute Gasteiger partial charge is 0.494 e. The van der Waals surface area contributed by atoms with Gasteiger partial charge in [0.05, 0.1) is 32.1 Å². The minimum absolute atomic E-state index is 0.0182. The SMILES string of the molecule is CC(C)(O)C=O.CNCC1COC(C2CC(c3cc(C(=O)NCc4ccc(F)c(OC)c4)nc(C)n3)=NO2)CO1. The molecule has 0 saturated carbocycles. The number of rotatable bonds is 9. The molecule has 12 nitrogen and oxygen atoms in total. The minimum atomic E-state index is -1.14. The van der Waals surface area contributed by atoms with Gasteiger partial charge >= 0.3 is 0 Å². The first-order valence-corrected chi connectivity index (χ1v) is 12.8. The van der Waals surface area contributed by atoms with E-state index in [1.54, 1.807) is 19.1 Å². The molecule has 2 aliphatic heterocycles. The second-order valence-corrected chi connectivity index (χ2v) is 9.88. The van der Waals surface area contributed by atoms with E-state index in [4.69, 9.17) is 24.2 Å². The number of hydrogen-bond acceptors (Lipinski definition) is 11. The van der Waals surface area contributed by atoms with Gasteiger partial charge in [-0.3, -0.25) is 4.79 Å². The Hall–Kier alpha value is -3.52. The van der Waals surface area contributed by atoms with Crippen LogP contribution in [0.2, 0.25) is 0 Å². The highest BCUT2D eigenvalue weighted by Gasteiger charge is 2.35. The number of benzene rings is 1. The van der Waals surface area contributed by atoms with Gasteiger partial charge in [0.15, 0.2) is 24.0 Å². The first kappa shape index (κ1) is 31.0. The number of carbonyl (C=O) groups is 2. The average Bonchev–Trinajstić information content (AvgIpc) is 3.43. The molecule has 4 rings (SSSR count). The van der Waals surface area contributed by atoms with Crippen LogP contribution in [0.1, 0.15) is 47.8 Å². The summed E-state index contributed by atoms with van der Waals surface area (Å²) < 4.78 is 30.3. The molecular formula is C27H36FN5O7. The summed E-state index contributed by atoms with van der Waals surface area (Å²) in [6.45, 7) is 6.38. The van der Waals surface area contributed by atoms with E-state index in [2.05, 4.69) is 25.8 Å². The molecule has 13 heteroatoms. The van der Waals surface area contributed by atoms with Gasteiger partial charge in [0.25, 0.3) is 5.91 Å². The van der Waals surface area contributed by atoms with Crippen LogP contribution < -0.4 is 15.4 Å². The Bertz CT molecular complexity index is 1200. The molecule has 0 radical (unpaired) electrons. The zero-order valence-corrected chi connectivity index (χ0v) is 23.3. The predicted molar refractivity (Wildman–Crippen MR) is 143 cm³/mol. The fourth-order valence-electron chi connectivity index (χ4n) is 3.78. The molecule has 0 aliphatic carbocycles. The Balaban J connectivity index is 0.000000663. The molecule has 3 heterocycles. The molecule has 3 N–H and O–H groups in total. The molecule has 3 atom stereocenters. The van der Waals surface area contributed by atoms with Gasteiger partial charge in [-0.15, -0.1) is 0 Å². The molecule has 0 bridgehead atoms. The molecule has 1 amide bonds. The number of amides is 1. The average molecular weight is 562 g/mol. The fraction of sp³-hybridized carbons (Fsp3) is 0.519. The third kappa shape index (κ3) is 9.01. The van der Waals surface area contributed by atoms with E-state index < -0.39 is 11.4 Å². The van der Waals surface area contributed by atoms with Crippen LogP contribution in [0.15, 0.2) is 29.4 Å². The summed E-state index contributed by atoms with van der Waals surface area (Å²) in [7, 11) is 3.26. The lowest BCUT2D eigenvalue weighted by Gasteiger charge is -2.31. The summed E-state index contributed by atoms with van der Waals surface area (Å²) in [5.74, 6) is -0.296. The van der Waals surface area contributed by atoms with Gasteiger partial charge in [-0.2, -0.15) is 0 Å². The number of methoxy groups -OCH3 is 1. The molecule has 3 unspecified atom stereocenters. The Morgan fingerprint density at radius 1 is 1.23 bits per heavy atom. The third-order valence-corrected chi connectivity index (χ3v) is 5.85. The van der Waals surface area contributed by atoms with Gasteiger partial charge in [-0.1, -0.05) is 11.2 Å². The third-order valence-electron chi connectivity index (χ3n) is 5.85. The number of halogens is 1.